The number of hydrogen-bond acceptors (Lipinski definition) is 3. The summed E-state index contributed by atoms with van der Waals surface area (Å²) in [5.74, 6) is 1.83. The lowest BCUT2D eigenvalue weighted by Gasteiger charge is -2.34. The van der Waals surface area contributed by atoms with E-state index in [1.165, 1.54) is 27.8 Å². The molecule has 9 rings (SSSR count). The number of allylic oxidation sites excluding steroid dienone is 5. The monoisotopic (exact) mass is 654 g/mol. The topological polar surface area (TPSA) is 43.6 Å². The van der Waals surface area contributed by atoms with Crippen LogP contribution in [0.3, 0.4) is 0 Å². The van der Waals surface area contributed by atoms with Gasteiger partial charge in [-0.1, -0.05) is 164 Å². The lowest BCUT2D eigenvalue weighted by Crippen LogP contribution is -2.28. The van der Waals surface area contributed by atoms with E-state index < -0.39 is 5.41 Å². The van der Waals surface area contributed by atoms with E-state index in [9.17, 15) is 0 Å². The van der Waals surface area contributed by atoms with Crippen LogP contribution in [0.4, 0.5) is 0 Å². The normalized spacial score (nSPS) is 15.2. The van der Waals surface area contributed by atoms with Crippen LogP contribution < -0.4 is 0 Å². The summed E-state index contributed by atoms with van der Waals surface area (Å²) in [6.07, 6.45) is 8.35. The number of para-hydroxylation sites is 1. The average molecular weight is 655 g/mol. The minimum absolute atomic E-state index is 0.577. The molecule has 0 fully saturated rings. The minimum Gasteiger partial charge on any atom is -0.278 e. The van der Waals surface area contributed by atoms with Crippen LogP contribution in [-0.2, 0) is 5.41 Å². The second-order valence-electron chi connectivity index (χ2n) is 12.9. The fourth-order valence-corrected chi connectivity index (χ4v) is 7.79. The largest absolute Gasteiger partial charge is 0.278 e. The van der Waals surface area contributed by atoms with Crippen molar-refractivity contribution in [3.05, 3.63) is 205 Å². The Balaban J connectivity index is 1.38. The van der Waals surface area contributed by atoms with Gasteiger partial charge in [0.2, 0.25) is 5.95 Å². The lowest BCUT2D eigenvalue weighted by molar-refractivity contribution is 0.771. The summed E-state index contributed by atoms with van der Waals surface area (Å²) in [7, 11) is 0. The van der Waals surface area contributed by atoms with Gasteiger partial charge in [0.1, 0.15) is 0 Å². The van der Waals surface area contributed by atoms with Crippen molar-refractivity contribution in [3.63, 3.8) is 0 Å². The van der Waals surface area contributed by atoms with Crippen LogP contribution in [0.2, 0.25) is 0 Å². The van der Waals surface area contributed by atoms with E-state index in [-0.39, 0.29) is 0 Å². The van der Waals surface area contributed by atoms with Crippen LogP contribution >= 0.6 is 0 Å². The van der Waals surface area contributed by atoms with Crippen LogP contribution in [0.1, 0.15) is 23.6 Å². The van der Waals surface area contributed by atoms with E-state index in [2.05, 4.69) is 114 Å². The molecule has 51 heavy (non-hydrogen) atoms. The van der Waals surface area contributed by atoms with Crippen molar-refractivity contribution in [2.24, 2.45) is 0 Å². The van der Waals surface area contributed by atoms with Crippen molar-refractivity contribution in [3.8, 4) is 39.9 Å². The third-order valence-electron chi connectivity index (χ3n) is 10.0. The molecular weight excluding hydrogens is 621 g/mol. The molecule has 2 aromatic heterocycles. The molecule has 6 aromatic carbocycles. The molecule has 0 radical (unpaired) electrons. The Morgan fingerprint density at radius 3 is 1.86 bits per heavy atom. The highest BCUT2D eigenvalue weighted by atomic mass is 15.2. The Labute approximate surface area is 297 Å². The highest BCUT2D eigenvalue weighted by Crippen LogP contribution is 2.57. The van der Waals surface area contributed by atoms with E-state index in [1.54, 1.807) is 0 Å². The van der Waals surface area contributed by atoms with Crippen LogP contribution in [0.15, 0.2) is 188 Å². The molecule has 0 spiro atoms. The van der Waals surface area contributed by atoms with Crippen molar-refractivity contribution >= 4 is 21.8 Å². The predicted octanol–water partition coefficient (Wildman–Crippen LogP) is 11.3. The van der Waals surface area contributed by atoms with Crippen LogP contribution in [0.25, 0.3) is 61.7 Å². The van der Waals surface area contributed by atoms with Gasteiger partial charge in [0.05, 0.1) is 16.4 Å². The van der Waals surface area contributed by atoms with E-state index in [1.807, 2.05) is 73.7 Å². The summed E-state index contributed by atoms with van der Waals surface area (Å²) in [6.45, 7) is 6.81. The number of rotatable bonds is 7. The van der Waals surface area contributed by atoms with Crippen molar-refractivity contribution in [1.82, 2.24) is 19.5 Å². The zero-order valence-corrected chi connectivity index (χ0v) is 28.2. The van der Waals surface area contributed by atoms with Crippen LogP contribution in [-0.4, -0.2) is 19.5 Å². The van der Waals surface area contributed by atoms with E-state index >= 15 is 0 Å². The van der Waals surface area contributed by atoms with Crippen molar-refractivity contribution < 1.29 is 0 Å². The first kappa shape index (κ1) is 30.4. The number of nitrogens with zero attached hydrogens (tertiary/aromatic N) is 4. The van der Waals surface area contributed by atoms with E-state index in [4.69, 9.17) is 21.5 Å². The molecule has 0 saturated heterocycles. The molecule has 2 heterocycles. The third kappa shape index (κ3) is 4.79. The molecule has 1 unspecified atom stereocenters. The molecule has 242 valence electrons. The molecule has 0 N–H and O–H groups in total. The number of fused-ring (bicyclic) bond motifs is 6. The standard InChI is InChI=1S/C47H34N4/c1-3-4-8-19-32(2)47(35-24-13-7-14-25-35)40-28-17-15-26-36(40)38-31-43-39(30-41(38)47)37-27-16-18-29-42(37)51(43)46-49-44(33-20-9-5-10-21-33)48-45(50-46)34-22-11-6-12-23-34/h3-31H,2H2,1H3/b4-3-,19-8-. The maximum absolute atomic E-state index is 5.17. The molecule has 0 bridgehead atoms. The first-order chi connectivity index (χ1) is 25.2. The molecule has 0 aliphatic heterocycles. The van der Waals surface area contributed by atoms with Gasteiger partial charge in [0.15, 0.2) is 11.6 Å². The Bertz CT molecular complexity index is 2590. The molecule has 1 aliphatic rings. The van der Waals surface area contributed by atoms with Gasteiger partial charge in [0, 0.05) is 21.9 Å². The number of hydrogen-bond donors (Lipinski definition) is 0. The van der Waals surface area contributed by atoms with Gasteiger partial charge in [-0.25, -0.2) is 4.98 Å². The zero-order valence-electron chi connectivity index (χ0n) is 28.2. The molecule has 8 aromatic rings. The number of aromatic nitrogens is 4. The highest BCUT2D eigenvalue weighted by molar-refractivity contribution is 6.11. The smallest absolute Gasteiger partial charge is 0.238 e. The number of benzene rings is 6. The van der Waals surface area contributed by atoms with Crippen molar-refractivity contribution in [2.75, 3.05) is 0 Å². The summed E-state index contributed by atoms with van der Waals surface area (Å²) in [6, 6.07) is 53.1. The van der Waals surface area contributed by atoms with Crippen molar-refractivity contribution in [2.45, 2.75) is 12.3 Å². The summed E-state index contributed by atoms with van der Waals surface area (Å²) >= 11 is 0. The summed E-state index contributed by atoms with van der Waals surface area (Å²) in [5, 5.41) is 2.26. The second-order valence-corrected chi connectivity index (χ2v) is 12.9. The molecule has 1 atom stereocenters. The van der Waals surface area contributed by atoms with Gasteiger partial charge in [-0.05, 0) is 58.5 Å². The molecule has 0 amide bonds. The Kier molecular flexibility index (Phi) is 7.36. The summed E-state index contributed by atoms with van der Waals surface area (Å²) in [5.41, 5.74) is 10.4. The Morgan fingerprint density at radius 1 is 0.569 bits per heavy atom. The quantitative estimate of drug-likeness (QED) is 0.161. The van der Waals surface area contributed by atoms with Gasteiger partial charge in [-0.15, -0.1) is 0 Å². The van der Waals surface area contributed by atoms with Gasteiger partial charge in [-0.3, -0.25) is 4.57 Å². The van der Waals surface area contributed by atoms with Crippen LogP contribution in [0.5, 0.6) is 0 Å². The third-order valence-corrected chi connectivity index (χ3v) is 10.0. The molecular formula is C47H34N4. The summed E-state index contributed by atoms with van der Waals surface area (Å²) in [4.78, 5) is 15.3. The second kappa shape index (κ2) is 12.3. The van der Waals surface area contributed by atoms with Gasteiger partial charge in [0.25, 0.3) is 0 Å². The van der Waals surface area contributed by atoms with Crippen molar-refractivity contribution in [1.29, 1.82) is 0 Å². The maximum atomic E-state index is 5.17. The first-order valence-corrected chi connectivity index (χ1v) is 17.3. The average Bonchev–Trinajstić information content (AvgIpc) is 3.68. The fourth-order valence-electron chi connectivity index (χ4n) is 7.79. The Morgan fingerprint density at radius 2 is 1.18 bits per heavy atom. The minimum atomic E-state index is -0.587. The zero-order chi connectivity index (χ0) is 34.4. The summed E-state index contributed by atoms with van der Waals surface area (Å²) < 4.78 is 2.21. The fraction of sp³-hybridized carbons (Fsp3) is 0.0426. The SMILES string of the molecule is C=C(/C=C\C=C/C)C1(c2ccccc2)c2ccccc2-c2cc3c(cc21)c1ccccc1n3-c1nc(-c2ccccc2)nc(-c2ccccc2)n1. The Hall–Kier alpha value is -6.65. The highest BCUT2D eigenvalue weighted by Gasteiger charge is 2.46. The molecule has 0 saturated carbocycles. The van der Waals surface area contributed by atoms with Crippen LogP contribution in [0, 0.1) is 0 Å². The van der Waals surface area contributed by atoms with Gasteiger partial charge in [-0.2, -0.15) is 9.97 Å². The maximum Gasteiger partial charge on any atom is 0.238 e. The first-order valence-electron chi connectivity index (χ1n) is 17.3. The lowest BCUT2D eigenvalue weighted by atomic mass is 9.67. The van der Waals surface area contributed by atoms with E-state index in [0.717, 1.165) is 38.5 Å². The van der Waals surface area contributed by atoms with Gasteiger partial charge < -0.3 is 0 Å². The molecule has 4 nitrogen and oxygen atoms in total. The van der Waals surface area contributed by atoms with Gasteiger partial charge >= 0.3 is 0 Å². The molecule has 1 aliphatic carbocycles. The predicted molar refractivity (Wildman–Crippen MR) is 210 cm³/mol. The molecule has 4 heteroatoms. The van der Waals surface area contributed by atoms with E-state index in [0.29, 0.717) is 17.6 Å².